The number of aromatic nitrogens is 3. The average Bonchev–Trinajstić information content (AvgIpc) is 3.67. The SMILES string of the molecule is CC1(c2ccc(Cl)cc2F)Oc2cccc(C3CCN(Cc4ncc(/C=C/C(=O)O)n4Cc4ccno4)CC3)c2O1. The highest BCUT2D eigenvalue weighted by molar-refractivity contribution is 6.30. The molecule has 0 spiro atoms. The fraction of sp³-hybridized carbons (Fsp3) is 0.300. The molecule has 2 aliphatic rings. The maximum Gasteiger partial charge on any atom is 0.328 e. The van der Waals surface area contributed by atoms with E-state index in [4.69, 9.17) is 30.7 Å². The lowest BCUT2D eigenvalue weighted by molar-refractivity contribution is -0.131. The highest BCUT2D eigenvalue weighted by atomic mass is 35.5. The van der Waals surface area contributed by atoms with E-state index in [-0.39, 0.29) is 11.5 Å². The van der Waals surface area contributed by atoms with Crippen LogP contribution < -0.4 is 9.47 Å². The molecule has 0 aliphatic carbocycles. The second kappa shape index (κ2) is 11.0. The minimum Gasteiger partial charge on any atom is -0.478 e. The molecular formula is C30H28ClFN4O5. The second-order valence-electron chi connectivity index (χ2n) is 10.3. The lowest BCUT2D eigenvalue weighted by Gasteiger charge is -2.32. The molecule has 11 heteroatoms. The van der Waals surface area contributed by atoms with Gasteiger partial charge in [-0.1, -0.05) is 28.9 Å². The number of halogens is 2. The van der Waals surface area contributed by atoms with Gasteiger partial charge >= 0.3 is 5.97 Å². The summed E-state index contributed by atoms with van der Waals surface area (Å²) in [6, 6.07) is 12.1. The summed E-state index contributed by atoms with van der Waals surface area (Å²) in [5.41, 5.74) is 2.01. The maximum absolute atomic E-state index is 14.8. The molecule has 0 amide bonds. The van der Waals surface area contributed by atoms with Crippen molar-refractivity contribution >= 4 is 23.6 Å². The van der Waals surface area contributed by atoms with Crippen molar-refractivity contribution in [3.8, 4) is 11.5 Å². The van der Waals surface area contributed by atoms with Crippen LogP contribution in [0.25, 0.3) is 6.08 Å². The Hall–Kier alpha value is -4.15. The van der Waals surface area contributed by atoms with Crippen molar-refractivity contribution in [2.24, 2.45) is 0 Å². The Balaban J connectivity index is 1.16. The lowest BCUT2D eigenvalue weighted by Crippen LogP contribution is -2.34. The van der Waals surface area contributed by atoms with Crippen LogP contribution >= 0.6 is 11.6 Å². The molecule has 6 rings (SSSR count). The number of ether oxygens (including phenoxy) is 2. The van der Waals surface area contributed by atoms with E-state index < -0.39 is 17.6 Å². The van der Waals surface area contributed by atoms with Crippen LogP contribution in [0.2, 0.25) is 5.02 Å². The van der Waals surface area contributed by atoms with Crippen LogP contribution in [0, 0.1) is 5.82 Å². The average molecular weight is 579 g/mol. The third-order valence-corrected chi connectivity index (χ3v) is 7.83. The van der Waals surface area contributed by atoms with Gasteiger partial charge in [0.1, 0.15) is 11.6 Å². The van der Waals surface area contributed by atoms with Crippen molar-refractivity contribution in [2.75, 3.05) is 13.1 Å². The molecule has 1 N–H and O–H groups in total. The molecule has 4 aromatic rings. The zero-order chi connectivity index (χ0) is 28.6. The molecule has 0 radical (unpaired) electrons. The van der Waals surface area contributed by atoms with Gasteiger partial charge < -0.3 is 23.7 Å². The molecule has 41 heavy (non-hydrogen) atoms. The lowest BCUT2D eigenvalue weighted by atomic mass is 9.88. The van der Waals surface area contributed by atoms with Gasteiger partial charge in [-0.25, -0.2) is 14.2 Å². The van der Waals surface area contributed by atoms with E-state index in [1.165, 1.54) is 12.1 Å². The van der Waals surface area contributed by atoms with E-state index in [2.05, 4.69) is 21.1 Å². The number of benzene rings is 2. The summed E-state index contributed by atoms with van der Waals surface area (Å²) in [5, 5.41) is 13.2. The Morgan fingerprint density at radius 1 is 1.20 bits per heavy atom. The number of fused-ring (bicyclic) bond motifs is 1. The summed E-state index contributed by atoms with van der Waals surface area (Å²) >= 11 is 5.95. The maximum atomic E-state index is 14.8. The number of carboxylic acid groups (broad SMARTS) is 1. The van der Waals surface area contributed by atoms with Gasteiger partial charge in [0, 0.05) is 29.7 Å². The number of para-hydroxylation sites is 1. The van der Waals surface area contributed by atoms with Crippen molar-refractivity contribution in [2.45, 2.75) is 44.6 Å². The summed E-state index contributed by atoms with van der Waals surface area (Å²) in [5.74, 6) is 0.152. The van der Waals surface area contributed by atoms with Crippen molar-refractivity contribution in [3.63, 3.8) is 0 Å². The van der Waals surface area contributed by atoms with Gasteiger partial charge in [0.05, 0.1) is 36.7 Å². The van der Waals surface area contributed by atoms with Gasteiger partial charge in [-0.05, 0) is 62.2 Å². The van der Waals surface area contributed by atoms with E-state index in [0.29, 0.717) is 41.1 Å². The van der Waals surface area contributed by atoms with Gasteiger partial charge in [0.15, 0.2) is 17.3 Å². The Kier molecular flexibility index (Phi) is 7.27. The minimum absolute atomic E-state index is 0.241. The molecule has 0 bridgehead atoms. The number of nitrogens with zero attached hydrogens (tertiary/aromatic N) is 4. The van der Waals surface area contributed by atoms with Crippen molar-refractivity contribution in [1.82, 2.24) is 19.6 Å². The fourth-order valence-electron chi connectivity index (χ4n) is 5.55. The summed E-state index contributed by atoms with van der Waals surface area (Å²) < 4.78 is 34.5. The molecule has 4 heterocycles. The highest BCUT2D eigenvalue weighted by Crippen LogP contribution is 2.49. The Labute approximate surface area is 240 Å². The first-order valence-electron chi connectivity index (χ1n) is 13.3. The van der Waals surface area contributed by atoms with Crippen LogP contribution in [0.3, 0.4) is 0 Å². The van der Waals surface area contributed by atoms with Gasteiger partial charge in [0.2, 0.25) is 0 Å². The molecule has 1 atom stereocenters. The zero-order valence-electron chi connectivity index (χ0n) is 22.3. The van der Waals surface area contributed by atoms with Crippen LogP contribution in [0.15, 0.2) is 65.5 Å². The molecule has 0 saturated carbocycles. The van der Waals surface area contributed by atoms with Crippen LogP contribution in [0.5, 0.6) is 11.5 Å². The molecule has 9 nitrogen and oxygen atoms in total. The zero-order valence-corrected chi connectivity index (χ0v) is 23.1. The molecule has 1 saturated heterocycles. The van der Waals surface area contributed by atoms with E-state index in [0.717, 1.165) is 43.4 Å². The molecular weight excluding hydrogens is 551 g/mol. The number of likely N-dealkylation sites (tertiary alicyclic amines) is 1. The minimum atomic E-state index is -1.29. The van der Waals surface area contributed by atoms with Gasteiger partial charge in [0.25, 0.3) is 5.79 Å². The summed E-state index contributed by atoms with van der Waals surface area (Å²) in [6.07, 6.45) is 7.65. The highest BCUT2D eigenvalue weighted by Gasteiger charge is 2.43. The van der Waals surface area contributed by atoms with Crippen molar-refractivity contribution in [1.29, 1.82) is 0 Å². The molecule has 1 fully saturated rings. The summed E-state index contributed by atoms with van der Waals surface area (Å²) in [6.45, 7) is 4.36. The van der Waals surface area contributed by atoms with Crippen LogP contribution in [0.1, 0.15) is 54.1 Å². The van der Waals surface area contributed by atoms with E-state index in [1.54, 1.807) is 37.5 Å². The first kappa shape index (κ1) is 27.0. The standard InChI is InChI=1S/C30H28ClFN4O5/c1-30(24-7-5-20(31)15-25(24)32)39-26-4-2-3-23(29(26)40-30)19-10-13-35(14-11-19)18-27-33-16-21(6-8-28(37)38)36(27)17-22-9-12-34-41-22/h2-9,12,15-16,19H,10-11,13-14,17-18H2,1H3,(H,37,38)/b8-6+. The number of aliphatic carboxylic acids is 1. The predicted molar refractivity (Wildman–Crippen MR) is 148 cm³/mol. The molecule has 1 unspecified atom stereocenters. The Bertz CT molecular complexity index is 1600. The summed E-state index contributed by atoms with van der Waals surface area (Å²) in [4.78, 5) is 18.0. The first-order valence-corrected chi connectivity index (χ1v) is 13.7. The smallest absolute Gasteiger partial charge is 0.328 e. The van der Waals surface area contributed by atoms with Gasteiger partial charge in [-0.3, -0.25) is 4.90 Å². The molecule has 2 aromatic heterocycles. The number of hydrogen-bond donors (Lipinski definition) is 1. The van der Waals surface area contributed by atoms with Crippen LogP contribution in [-0.2, 0) is 23.7 Å². The number of imidazole rings is 1. The number of piperidine rings is 1. The predicted octanol–water partition coefficient (Wildman–Crippen LogP) is 5.83. The third kappa shape index (κ3) is 5.57. The Morgan fingerprint density at radius 2 is 2.02 bits per heavy atom. The molecule has 2 aromatic carbocycles. The third-order valence-electron chi connectivity index (χ3n) is 7.59. The number of hydrogen-bond acceptors (Lipinski definition) is 7. The topological polar surface area (TPSA) is 103 Å². The fourth-order valence-corrected chi connectivity index (χ4v) is 5.70. The number of carbonyl (C=O) groups is 1. The van der Waals surface area contributed by atoms with Crippen molar-refractivity contribution < 1.29 is 28.3 Å². The second-order valence-corrected chi connectivity index (χ2v) is 10.8. The monoisotopic (exact) mass is 578 g/mol. The van der Waals surface area contributed by atoms with E-state index in [1.807, 2.05) is 16.7 Å². The van der Waals surface area contributed by atoms with Crippen LogP contribution in [0.4, 0.5) is 4.39 Å². The van der Waals surface area contributed by atoms with E-state index >= 15 is 0 Å². The molecule has 2 aliphatic heterocycles. The first-order chi connectivity index (χ1) is 19.8. The Morgan fingerprint density at radius 3 is 2.76 bits per heavy atom. The largest absolute Gasteiger partial charge is 0.478 e. The number of carboxylic acids is 1. The summed E-state index contributed by atoms with van der Waals surface area (Å²) in [7, 11) is 0. The van der Waals surface area contributed by atoms with Gasteiger partial charge in [-0.15, -0.1) is 0 Å². The van der Waals surface area contributed by atoms with Gasteiger partial charge in [-0.2, -0.15) is 0 Å². The van der Waals surface area contributed by atoms with E-state index in [9.17, 15) is 9.18 Å². The van der Waals surface area contributed by atoms with Crippen LogP contribution in [-0.4, -0.2) is 43.8 Å². The number of rotatable bonds is 8. The quantitative estimate of drug-likeness (QED) is 0.260. The van der Waals surface area contributed by atoms with Crippen molar-refractivity contribution in [3.05, 3.63) is 100 Å². The normalized spacial score (nSPS) is 19.3. The molecule has 212 valence electrons.